The average molecular weight is 979 g/mol. The van der Waals surface area contributed by atoms with Crippen LogP contribution < -0.4 is 19.3 Å². The number of piperazine rings is 2. The summed E-state index contributed by atoms with van der Waals surface area (Å²) in [6.07, 6.45) is 5.51. The Balaban J connectivity index is 0.00000284. The van der Waals surface area contributed by atoms with Crippen LogP contribution >= 0.6 is 24.8 Å². The van der Waals surface area contributed by atoms with Crippen molar-refractivity contribution in [3.63, 3.8) is 0 Å². The number of aromatic nitrogens is 6. The van der Waals surface area contributed by atoms with Crippen LogP contribution in [0.5, 0.6) is 11.5 Å². The first-order valence-electron chi connectivity index (χ1n) is 23.9. The SMILES string of the molecule is CON=C(c1ncn2c1COc1c(CCN3CCN(c4cccc5nc(C)ccc45)CC3)cccc1-2)c1ncn2c1COc1c(CCN3CCN(c4cccc5nc(C)ccc45)CC3)cccc1-2.Cl.Cl. The Morgan fingerprint density at radius 3 is 1.41 bits per heavy atom. The Bertz CT molecular complexity index is 3020. The molecule has 12 rings (SSSR count). The molecule has 0 aliphatic carbocycles. The molecule has 70 heavy (non-hydrogen) atoms. The third-order valence-electron chi connectivity index (χ3n) is 14.3. The van der Waals surface area contributed by atoms with Gasteiger partial charge in [0.25, 0.3) is 0 Å². The third-order valence-corrected chi connectivity index (χ3v) is 14.3. The largest absolute Gasteiger partial charge is 0.485 e. The number of ether oxygens (including phenoxy) is 2. The molecule has 0 amide bonds. The summed E-state index contributed by atoms with van der Waals surface area (Å²) in [4.78, 5) is 35.0. The second kappa shape index (κ2) is 20.0. The quantitative estimate of drug-likeness (QED) is 0.0919. The molecule has 0 atom stereocenters. The van der Waals surface area contributed by atoms with Crippen LogP contribution in [0.3, 0.4) is 0 Å². The number of hydrogen-bond acceptors (Lipinski definition) is 12. The van der Waals surface area contributed by atoms with Crippen LogP contribution in [0.25, 0.3) is 33.2 Å². The van der Waals surface area contributed by atoms with E-state index in [1.807, 2.05) is 26.5 Å². The van der Waals surface area contributed by atoms with E-state index in [9.17, 15) is 0 Å². The standard InChI is InChI=1S/C54H55N11O3.2ClH/c1-36-16-18-40-42(57-36)10-6-12-44(40)62-28-24-60(25-29-62)22-20-38-8-4-14-46-53(38)67-32-48-50(55-34-64(46)48)52(59-66-3)51-49-33-68-54-39(9-5-15-47(54)65(49)35-56-51)21-23-61-26-30-63(31-27-61)45-13-7-11-43-41(45)19-17-37(2)58-43;;/h4-19,34-35H,20-33H2,1-3H3;2*1H. The summed E-state index contributed by atoms with van der Waals surface area (Å²) in [6.45, 7) is 14.6. The number of pyridine rings is 2. The molecule has 0 bridgehead atoms. The van der Waals surface area contributed by atoms with Crippen LogP contribution in [-0.4, -0.2) is 117 Å². The molecule has 14 nitrogen and oxygen atoms in total. The summed E-state index contributed by atoms with van der Waals surface area (Å²) in [6, 6.07) is 34.4. The van der Waals surface area contributed by atoms with Crippen molar-refractivity contribution in [3.05, 3.63) is 155 Å². The molecular formula is C54H57Cl2N11O3. The molecule has 2 saturated heterocycles. The Kier molecular flexibility index (Phi) is 13.4. The van der Waals surface area contributed by atoms with Crippen LogP contribution in [0.15, 0.2) is 115 Å². The fraction of sp³-hybridized carbons (Fsp3) is 0.315. The summed E-state index contributed by atoms with van der Waals surface area (Å²) in [5.41, 5.74) is 14.8. The fourth-order valence-corrected chi connectivity index (χ4v) is 10.7. The number of benzene rings is 4. The molecule has 8 heterocycles. The van der Waals surface area contributed by atoms with Crippen LogP contribution in [0.2, 0.25) is 0 Å². The highest BCUT2D eigenvalue weighted by Gasteiger charge is 2.32. The molecule has 4 aliphatic heterocycles. The van der Waals surface area contributed by atoms with Gasteiger partial charge in [-0.25, -0.2) is 9.97 Å². The van der Waals surface area contributed by atoms with E-state index < -0.39 is 0 Å². The summed E-state index contributed by atoms with van der Waals surface area (Å²) in [7, 11) is 1.56. The van der Waals surface area contributed by atoms with Gasteiger partial charge in [-0.1, -0.05) is 41.6 Å². The number of hydrogen-bond donors (Lipinski definition) is 0. The van der Waals surface area contributed by atoms with Crippen LogP contribution in [-0.2, 0) is 30.9 Å². The lowest BCUT2D eigenvalue weighted by Crippen LogP contribution is -2.47. The number of fused-ring (bicyclic) bond motifs is 8. The highest BCUT2D eigenvalue weighted by atomic mass is 35.5. The van der Waals surface area contributed by atoms with Gasteiger partial charge >= 0.3 is 0 Å². The number of halogens is 2. The Labute approximate surface area is 420 Å². The summed E-state index contributed by atoms with van der Waals surface area (Å²) in [5.74, 6) is 1.81. The van der Waals surface area contributed by atoms with Crippen molar-refractivity contribution in [2.24, 2.45) is 5.16 Å². The highest BCUT2D eigenvalue weighted by molar-refractivity contribution is 6.12. The number of para-hydroxylation sites is 2. The molecule has 2 fully saturated rings. The predicted molar refractivity (Wildman–Crippen MR) is 281 cm³/mol. The fourth-order valence-electron chi connectivity index (χ4n) is 10.7. The molecule has 4 aliphatic rings. The number of aryl methyl sites for hydroxylation is 2. The monoisotopic (exact) mass is 977 g/mol. The third kappa shape index (κ3) is 8.67. The van der Waals surface area contributed by atoms with Crippen molar-refractivity contribution in [1.29, 1.82) is 0 Å². The second-order valence-electron chi connectivity index (χ2n) is 18.3. The number of rotatable bonds is 11. The minimum atomic E-state index is 0. The zero-order valence-corrected chi connectivity index (χ0v) is 41.4. The molecule has 360 valence electrons. The van der Waals surface area contributed by atoms with Crippen molar-refractivity contribution >= 4 is 63.7 Å². The van der Waals surface area contributed by atoms with E-state index in [1.54, 1.807) is 7.11 Å². The van der Waals surface area contributed by atoms with Crippen molar-refractivity contribution in [1.82, 2.24) is 38.9 Å². The number of imidazole rings is 2. The zero-order valence-electron chi connectivity index (χ0n) is 39.8. The van der Waals surface area contributed by atoms with Gasteiger partial charge in [0.05, 0.1) is 33.8 Å². The highest BCUT2D eigenvalue weighted by Crippen LogP contribution is 2.38. The minimum absolute atomic E-state index is 0. The first kappa shape index (κ1) is 47.0. The van der Waals surface area contributed by atoms with Gasteiger partial charge in [0.15, 0.2) is 5.71 Å². The molecule has 8 aromatic rings. The molecular weight excluding hydrogens is 922 g/mol. The maximum atomic E-state index is 6.63. The maximum absolute atomic E-state index is 6.63. The molecule has 16 heteroatoms. The summed E-state index contributed by atoms with van der Waals surface area (Å²) >= 11 is 0. The summed E-state index contributed by atoms with van der Waals surface area (Å²) in [5, 5.41) is 6.99. The Morgan fingerprint density at radius 1 is 0.543 bits per heavy atom. The van der Waals surface area contributed by atoms with Crippen molar-refractivity contribution in [2.75, 3.05) is 82.4 Å². The Morgan fingerprint density at radius 2 is 0.971 bits per heavy atom. The topological polar surface area (TPSA) is 114 Å². The van der Waals surface area contributed by atoms with E-state index in [-0.39, 0.29) is 24.8 Å². The second-order valence-corrected chi connectivity index (χ2v) is 18.3. The normalized spacial score (nSPS) is 15.4. The number of nitrogens with zero attached hydrogens (tertiary/aromatic N) is 11. The lowest BCUT2D eigenvalue weighted by atomic mass is 10.0. The molecule has 4 aromatic heterocycles. The minimum Gasteiger partial charge on any atom is -0.485 e. The maximum Gasteiger partial charge on any atom is 0.158 e. The Hall–Kier alpha value is -6.71. The van der Waals surface area contributed by atoms with Gasteiger partial charge in [0, 0.05) is 99.0 Å². The van der Waals surface area contributed by atoms with E-state index in [1.165, 1.54) is 33.3 Å². The molecule has 0 saturated carbocycles. The van der Waals surface area contributed by atoms with Crippen molar-refractivity contribution < 1.29 is 14.3 Å². The average Bonchev–Trinajstić information content (AvgIpc) is 4.02. The number of oxime groups is 1. The van der Waals surface area contributed by atoms with Crippen molar-refractivity contribution in [3.8, 4) is 22.9 Å². The molecule has 0 radical (unpaired) electrons. The van der Waals surface area contributed by atoms with E-state index in [4.69, 9.17) is 34.2 Å². The van der Waals surface area contributed by atoms with E-state index in [0.717, 1.165) is 135 Å². The molecule has 0 unspecified atom stereocenters. The van der Waals surface area contributed by atoms with Gasteiger partial charge < -0.3 is 24.1 Å². The van der Waals surface area contributed by atoms with E-state index in [2.05, 4.69) is 131 Å². The lowest BCUT2D eigenvalue weighted by molar-refractivity contribution is 0.213. The van der Waals surface area contributed by atoms with Gasteiger partial charge in [-0.3, -0.25) is 28.9 Å². The first-order valence-corrected chi connectivity index (χ1v) is 23.9. The molecule has 0 N–H and O–H groups in total. The van der Waals surface area contributed by atoms with Crippen molar-refractivity contribution in [2.45, 2.75) is 39.9 Å². The summed E-state index contributed by atoms with van der Waals surface area (Å²) < 4.78 is 17.5. The van der Waals surface area contributed by atoms with Gasteiger partial charge in [-0.05, 0) is 98.5 Å². The van der Waals surface area contributed by atoms with Gasteiger partial charge in [-0.2, -0.15) is 0 Å². The zero-order chi connectivity index (χ0) is 45.7. The van der Waals surface area contributed by atoms with Crippen LogP contribution in [0.4, 0.5) is 11.4 Å². The van der Waals surface area contributed by atoms with Gasteiger partial charge in [0.2, 0.25) is 0 Å². The van der Waals surface area contributed by atoms with Crippen LogP contribution in [0.1, 0.15) is 45.3 Å². The molecule has 4 aromatic carbocycles. The number of anilines is 2. The van der Waals surface area contributed by atoms with Crippen LogP contribution in [0, 0.1) is 13.8 Å². The predicted octanol–water partition coefficient (Wildman–Crippen LogP) is 8.53. The van der Waals surface area contributed by atoms with Gasteiger partial charge in [0.1, 0.15) is 55.9 Å². The first-order chi connectivity index (χ1) is 33.5. The van der Waals surface area contributed by atoms with E-state index in [0.29, 0.717) is 30.3 Å². The lowest BCUT2D eigenvalue weighted by Gasteiger charge is -2.36. The molecule has 0 spiro atoms. The van der Waals surface area contributed by atoms with E-state index >= 15 is 0 Å². The smallest absolute Gasteiger partial charge is 0.158 e. The van der Waals surface area contributed by atoms with Gasteiger partial charge in [-0.15, -0.1) is 24.8 Å².